The van der Waals surface area contributed by atoms with Crippen LogP contribution in [0.4, 0.5) is 0 Å². The number of carbonyl (C=O) groups is 1. The molecule has 0 radical (unpaired) electrons. The largest absolute Gasteiger partial charge is 0.370 e. The Balaban J connectivity index is 2.20. The third kappa shape index (κ3) is 3.15. The summed E-state index contributed by atoms with van der Waals surface area (Å²) in [4.78, 5) is 11.4. The van der Waals surface area contributed by atoms with E-state index >= 15 is 0 Å². The van der Waals surface area contributed by atoms with Gasteiger partial charge in [-0.3, -0.25) is 4.79 Å². The molecule has 0 aromatic rings. The first kappa shape index (κ1) is 10.1. The van der Waals surface area contributed by atoms with E-state index in [-0.39, 0.29) is 6.10 Å². The highest BCUT2D eigenvalue weighted by Crippen LogP contribution is 2.15. The minimum absolute atomic E-state index is 0.0779. The number of carbonyl (C=O) groups excluding carboxylic acids is 1. The van der Waals surface area contributed by atoms with Gasteiger partial charge in [-0.2, -0.15) is 11.8 Å². The number of ketones is 1. The van der Waals surface area contributed by atoms with E-state index in [0.29, 0.717) is 12.2 Å². The number of hydrogen-bond acceptors (Lipinski definition) is 3. The zero-order valence-electron chi connectivity index (χ0n) is 7.54. The second-order valence-corrected chi connectivity index (χ2v) is 4.05. The number of rotatable bonds is 4. The van der Waals surface area contributed by atoms with Crippen molar-refractivity contribution in [1.29, 1.82) is 0 Å². The molecule has 0 N–H and O–H groups in total. The lowest BCUT2D eigenvalue weighted by atomic mass is 10.0. The van der Waals surface area contributed by atoms with E-state index in [1.165, 1.54) is 0 Å². The van der Waals surface area contributed by atoms with Crippen LogP contribution in [0.1, 0.15) is 25.7 Å². The smallest absolute Gasteiger partial charge is 0.162 e. The van der Waals surface area contributed by atoms with Crippen LogP contribution in [0.2, 0.25) is 0 Å². The fourth-order valence-electron chi connectivity index (χ4n) is 1.36. The lowest BCUT2D eigenvalue weighted by Gasteiger charge is -2.20. The molecule has 12 heavy (non-hydrogen) atoms. The van der Waals surface area contributed by atoms with Gasteiger partial charge in [-0.05, 0) is 31.3 Å². The minimum Gasteiger partial charge on any atom is -0.370 e. The van der Waals surface area contributed by atoms with Crippen LogP contribution in [0.25, 0.3) is 0 Å². The number of Topliss-reactive ketones (excluding diaryl/α,β-unsaturated/α-hetero) is 1. The van der Waals surface area contributed by atoms with Crippen LogP contribution in [-0.4, -0.2) is 30.5 Å². The van der Waals surface area contributed by atoms with Gasteiger partial charge in [-0.25, -0.2) is 0 Å². The van der Waals surface area contributed by atoms with Crippen molar-refractivity contribution < 1.29 is 9.53 Å². The number of hydrogen-bond donors (Lipinski definition) is 0. The van der Waals surface area contributed by atoms with Crippen molar-refractivity contribution >= 4 is 17.5 Å². The lowest BCUT2D eigenvalue weighted by molar-refractivity contribution is -0.132. The van der Waals surface area contributed by atoms with Crippen LogP contribution in [0, 0.1) is 0 Å². The van der Waals surface area contributed by atoms with E-state index in [1.54, 1.807) is 11.8 Å². The Kier molecular flexibility index (Phi) is 4.69. The van der Waals surface area contributed by atoms with E-state index in [2.05, 4.69) is 0 Å². The van der Waals surface area contributed by atoms with E-state index in [1.807, 2.05) is 6.26 Å². The Morgan fingerprint density at radius 3 is 3.00 bits per heavy atom. The number of thioether (sulfide) groups is 1. The molecule has 0 saturated carbocycles. The molecule has 1 aliphatic heterocycles. The predicted octanol–water partition coefficient (Wildman–Crippen LogP) is 1.88. The highest BCUT2D eigenvalue weighted by Gasteiger charge is 2.20. The van der Waals surface area contributed by atoms with Crippen LogP contribution in [0.5, 0.6) is 0 Å². The van der Waals surface area contributed by atoms with Gasteiger partial charge in [0.25, 0.3) is 0 Å². The van der Waals surface area contributed by atoms with Crippen molar-refractivity contribution in [3.63, 3.8) is 0 Å². The van der Waals surface area contributed by atoms with Crippen molar-refractivity contribution in [1.82, 2.24) is 0 Å². The Labute approximate surface area is 78.1 Å². The third-order valence-corrected chi connectivity index (χ3v) is 2.70. The monoisotopic (exact) mass is 188 g/mol. The maximum Gasteiger partial charge on any atom is 0.162 e. The second kappa shape index (κ2) is 5.60. The Hall–Kier alpha value is -0.0200. The molecule has 0 bridgehead atoms. The number of ether oxygens (including phenoxy) is 1. The summed E-state index contributed by atoms with van der Waals surface area (Å²) in [6, 6.07) is 0. The molecule has 0 aromatic carbocycles. The van der Waals surface area contributed by atoms with Gasteiger partial charge in [0.2, 0.25) is 0 Å². The fraction of sp³-hybridized carbons (Fsp3) is 0.889. The van der Waals surface area contributed by atoms with Gasteiger partial charge in [-0.15, -0.1) is 0 Å². The van der Waals surface area contributed by atoms with Crippen LogP contribution < -0.4 is 0 Å². The highest BCUT2D eigenvalue weighted by molar-refractivity contribution is 7.98. The average molecular weight is 188 g/mol. The molecule has 1 rings (SSSR count). The zero-order valence-corrected chi connectivity index (χ0v) is 8.36. The lowest BCUT2D eigenvalue weighted by Crippen LogP contribution is -2.28. The first-order chi connectivity index (χ1) is 5.84. The summed E-state index contributed by atoms with van der Waals surface area (Å²) in [6.45, 7) is 0.773. The summed E-state index contributed by atoms with van der Waals surface area (Å²) in [5.74, 6) is 1.22. The van der Waals surface area contributed by atoms with Gasteiger partial charge in [0.05, 0.1) is 0 Å². The molecular formula is C9H16O2S. The molecule has 0 aliphatic carbocycles. The molecule has 1 saturated heterocycles. The summed E-state index contributed by atoms with van der Waals surface area (Å²) in [7, 11) is 0. The first-order valence-corrected chi connectivity index (χ1v) is 5.87. The normalized spacial score (nSPS) is 23.9. The van der Waals surface area contributed by atoms with Gasteiger partial charge >= 0.3 is 0 Å². The van der Waals surface area contributed by atoms with Crippen molar-refractivity contribution in [2.45, 2.75) is 31.8 Å². The Morgan fingerprint density at radius 2 is 2.42 bits per heavy atom. The van der Waals surface area contributed by atoms with E-state index < -0.39 is 0 Å². The summed E-state index contributed by atoms with van der Waals surface area (Å²) in [5.41, 5.74) is 0. The zero-order chi connectivity index (χ0) is 8.81. The molecule has 3 heteroatoms. The maximum atomic E-state index is 11.4. The van der Waals surface area contributed by atoms with Crippen LogP contribution in [0.15, 0.2) is 0 Å². The average Bonchev–Trinajstić information content (AvgIpc) is 2.15. The Morgan fingerprint density at radius 1 is 1.58 bits per heavy atom. The van der Waals surface area contributed by atoms with Crippen LogP contribution in [0.3, 0.4) is 0 Å². The quantitative estimate of drug-likeness (QED) is 0.674. The molecule has 1 heterocycles. The summed E-state index contributed by atoms with van der Waals surface area (Å²) in [5, 5.41) is 0. The molecule has 1 fully saturated rings. The van der Waals surface area contributed by atoms with E-state index in [4.69, 9.17) is 4.74 Å². The molecule has 0 aromatic heterocycles. The molecular weight excluding hydrogens is 172 g/mol. The fourth-order valence-corrected chi connectivity index (χ4v) is 1.76. The standard InChI is InChI=1S/C9H16O2S/c1-12-7-5-8(10)9-4-2-3-6-11-9/h9H,2-7H2,1H3. The molecule has 70 valence electrons. The summed E-state index contributed by atoms with van der Waals surface area (Å²) in [6.07, 6.45) is 5.82. The third-order valence-electron chi connectivity index (χ3n) is 2.09. The molecule has 1 unspecified atom stereocenters. The van der Waals surface area contributed by atoms with Gasteiger partial charge in [0.15, 0.2) is 5.78 Å². The summed E-state index contributed by atoms with van der Waals surface area (Å²) >= 11 is 1.72. The van der Waals surface area contributed by atoms with E-state index in [9.17, 15) is 4.79 Å². The van der Waals surface area contributed by atoms with Gasteiger partial charge in [0, 0.05) is 13.0 Å². The highest BCUT2D eigenvalue weighted by atomic mass is 32.2. The summed E-state index contributed by atoms with van der Waals surface area (Å²) < 4.78 is 5.38. The minimum atomic E-state index is -0.0779. The van der Waals surface area contributed by atoms with Crippen LogP contribution >= 0.6 is 11.8 Å². The topological polar surface area (TPSA) is 26.3 Å². The molecule has 2 nitrogen and oxygen atoms in total. The van der Waals surface area contributed by atoms with Gasteiger partial charge in [-0.1, -0.05) is 0 Å². The van der Waals surface area contributed by atoms with E-state index in [0.717, 1.165) is 31.6 Å². The van der Waals surface area contributed by atoms with Crippen molar-refractivity contribution in [3.8, 4) is 0 Å². The molecule has 0 amide bonds. The van der Waals surface area contributed by atoms with Gasteiger partial charge < -0.3 is 4.74 Å². The molecule has 1 aliphatic rings. The van der Waals surface area contributed by atoms with Crippen molar-refractivity contribution in [2.75, 3.05) is 18.6 Å². The SMILES string of the molecule is CSCCC(=O)C1CCCCO1. The van der Waals surface area contributed by atoms with Crippen LogP contribution in [-0.2, 0) is 9.53 Å². The molecule has 1 atom stereocenters. The maximum absolute atomic E-state index is 11.4. The first-order valence-electron chi connectivity index (χ1n) is 4.48. The second-order valence-electron chi connectivity index (χ2n) is 3.06. The van der Waals surface area contributed by atoms with Crippen molar-refractivity contribution in [2.24, 2.45) is 0 Å². The molecule has 0 spiro atoms. The van der Waals surface area contributed by atoms with Gasteiger partial charge in [0.1, 0.15) is 6.10 Å². The van der Waals surface area contributed by atoms with Crippen molar-refractivity contribution in [3.05, 3.63) is 0 Å². The Bertz CT molecular complexity index is 141. The predicted molar refractivity (Wildman–Crippen MR) is 51.6 cm³/mol.